The van der Waals surface area contributed by atoms with Crippen molar-refractivity contribution in [2.24, 2.45) is 16.9 Å². The molecule has 13 heteroatoms. The number of likely N-dealkylation sites (tertiary alicyclic amines) is 1. The number of benzene rings is 1. The van der Waals surface area contributed by atoms with Gasteiger partial charge in [0.2, 0.25) is 17.7 Å². The molecule has 1 saturated heterocycles. The van der Waals surface area contributed by atoms with Gasteiger partial charge in [-0.15, -0.1) is 0 Å². The molecular formula is C20H24N6O7. The molecule has 2 fully saturated rings. The Kier molecular flexibility index (Phi) is 6.99. The van der Waals surface area contributed by atoms with Crippen LogP contribution in [-0.2, 0) is 14.4 Å². The Morgan fingerprint density at radius 2 is 1.82 bits per heavy atom. The van der Waals surface area contributed by atoms with Crippen LogP contribution in [0.1, 0.15) is 33.1 Å². The van der Waals surface area contributed by atoms with Crippen molar-refractivity contribution >= 4 is 40.5 Å². The summed E-state index contributed by atoms with van der Waals surface area (Å²) < 4.78 is 0. The van der Waals surface area contributed by atoms with Gasteiger partial charge in [-0.1, -0.05) is 0 Å². The fourth-order valence-corrected chi connectivity index (χ4v) is 4.17. The minimum atomic E-state index is -0.754. The number of nitrogens with zero attached hydrogens (tertiary/aromatic N) is 5. The van der Waals surface area contributed by atoms with E-state index in [-0.39, 0.29) is 30.5 Å². The zero-order chi connectivity index (χ0) is 24.3. The molecular weight excluding hydrogens is 436 g/mol. The number of fused-ring (bicyclic) bond motifs is 1. The second-order valence-electron chi connectivity index (χ2n) is 7.79. The van der Waals surface area contributed by atoms with Gasteiger partial charge in [-0.2, -0.15) is 5.10 Å². The number of anilines is 1. The molecule has 1 aromatic carbocycles. The lowest BCUT2D eigenvalue weighted by Crippen LogP contribution is -2.43. The Labute approximate surface area is 188 Å². The number of amides is 3. The largest absolute Gasteiger partial charge is 0.342 e. The van der Waals surface area contributed by atoms with Gasteiger partial charge in [0, 0.05) is 24.9 Å². The third kappa shape index (κ3) is 4.81. The van der Waals surface area contributed by atoms with Crippen molar-refractivity contribution in [3.63, 3.8) is 0 Å². The van der Waals surface area contributed by atoms with Gasteiger partial charge in [0.05, 0.1) is 27.7 Å². The number of carbonyl (C=O) groups excluding carboxylic acids is 3. The maximum Gasteiger partial charge on any atom is 0.301 e. The third-order valence-electron chi connectivity index (χ3n) is 5.98. The molecule has 0 aromatic heterocycles. The number of nitro groups is 2. The first-order valence-corrected chi connectivity index (χ1v) is 10.5. The SMILES string of the molecule is CCN(CC)C(=O)CN1C(=O)[C@H]2CC/C(=N\Nc3ccc([N+](=O)[O-])cc3[N+](=O)[O-])C[C@H]2C1=O. The monoisotopic (exact) mass is 460 g/mol. The standard InChI is InChI=1S/C20H24N6O7/c1-3-23(4-2)18(27)11-24-19(28)14-7-5-12(9-15(14)20(24)29)21-22-16-8-6-13(25(30)31)10-17(16)26(32)33/h6,8,10,14-15,22H,3-5,7,9,11H2,1-2H3/b21-12+/t14-,15+/m0/s1. The van der Waals surface area contributed by atoms with Crippen LogP contribution in [0.4, 0.5) is 17.1 Å². The van der Waals surface area contributed by atoms with Gasteiger partial charge in [-0.3, -0.25) is 44.9 Å². The number of likely N-dealkylation sites (N-methyl/N-ethyl adjacent to an activating group) is 1. The smallest absolute Gasteiger partial charge is 0.301 e. The minimum absolute atomic E-state index is 0.0273. The number of nitrogens with one attached hydrogen (secondary N) is 1. The van der Waals surface area contributed by atoms with Crippen molar-refractivity contribution in [1.29, 1.82) is 0 Å². The lowest BCUT2D eigenvalue weighted by molar-refractivity contribution is -0.393. The average molecular weight is 460 g/mol. The van der Waals surface area contributed by atoms with Crippen molar-refractivity contribution in [2.45, 2.75) is 33.1 Å². The number of hydrogen-bond acceptors (Lipinski definition) is 9. The number of carbonyl (C=O) groups is 3. The van der Waals surface area contributed by atoms with E-state index >= 15 is 0 Å². The molecule has 1 N–H and O–H groups in total. The average Bonchev–Trinajstić information content (AvgIpc) is 3.02. The molecule has 1 aromatic rings. The molecule has 176 valence electrons. The highest BCUT2D eigenvalue weighted by molar-refractivity contribution is 6.09. The fraction of sp³-hybridized carbons (Fsp3) is 0.500. The van der Waals surface area contributed by atoms with Gasteiger partial charge in [-0.25, -0.2) is 0 Å². The second-order valence-corrected chi connectivity index (χ2v) is 7.79. The quantitative estimate of drug-likeness (QED) is 0.348. The van der Waals surface area contributed by atoms with Crippen LogP contribution >= 0.6 is 0 Å². The van der Waals surface area contributed by atoms with E-state index in [1.54, 1.807) is 4.90 Å². The van der Waals surface area contributed by atoms with Crippen LogP contribution in [0.2, 0.25) is 0 Å². The Hall–Kier alpha value is -3.90. The van der Waals surface area contributed by atoms with Crippen LogP contribution in [0.25, 0.3) is 0 Å². The fourth-order valence-electron chi connectivity index (χ4n) is 4.17. The second kappa shape index (κ2) is 9.71. The molecule has 1 heterocycles. The summed E-state index contributed by atoms with van der Waals surface area (Å²) in [5.41, 5.74) is 2.15. The summed E-state index contributed by atoms with van der Waals surface area (Å²) in [6.45, 7) is 4.32. The first-order valence-electron chi connectivity index (χ1n) is 10.5. The molecule has 1 aliphatic heterocycles. The van der Waals surface area contributed by atoms with Gasteiger partial charge < -0.3 is 4.90 Å². The van der Waals surface area contributed by atoms with Gasteiger partial charge in [0.25, 0.3) is 5.69 Å². The van der Waals surface area contributed by atoms with E-state index in [2.05, 4.69) is 10.5 Å². The van der Waals surface area contributed by atoms with Crippen LogP contribution in [0.3, 0.4) is 0 Å². The highest BCUT2D eigenvalue weighted by Crippen LogP contribution is 2.37. The zero-order valence-corrected chi connectivity index (χ0v) is 18.2. The van der Waals surface area contributed by atoms with Crippen LogP contribution < -0.4 is 5.43 Å². The predicted molar refractivity (Wildman–Crippen MR) is 116 cm³/mol. The van der Waals surface area contributed by atoms with Crippen LogP contribution in [0, 0.1) is 32.1 Å². The van der Waals surface area contributed by atoms with Gasteiger partial charge in [-0.05, 0) is 39.2 Å². The highest BCUT2D eigenvalue weighted by atomic mass is 16.6. The predicted octanol–water partition coefficient (Wildman–Crippen LogP) is 1.92. The molecule has 0 bridgehead atoms. The molecule has 2 atom stereocenters. The summed E-state index contributed by atoms with van der Waals surface area (Å²) in [6.07, 6.45) is 0.943. The van der Waals surface area contributed by atoms with E-state index in [0.29, 0.717) is 31.6 Å². The molecule has 3 amide bonds. The van der Waals surface area contributed by atoms with Crippen molar-refractivity contribution in [3.8, 4) is 0 Å². The number of non-ortho nitro benzene ring substituents is 1. The first kappa shape index (κ1) is 23.8. The number of hydrazone groups is 1. The van der Waals surface area contributed by atoms with Crippen LogP contribution in [-0.4, -0.2) is 62.7 Å². The Morgan fingerprint density at radius 1 is 1.15 bits per heavy atom. The molecule has 3 rings (SSSR count). The van der Waals surface area contributed by atoms with Crippen molar-refractivity contribution in [3.05, 3.63) is 38.4 Å². The highest BCUT2D eigenvalue weighted by Gasteiger charge is 2.50. The molecule has 0 unspecified atom stereocenters. The summed E-state index contributed by atoms with van der Waals surface area (Å²) in [5.74, 6) is -2.22. The Balaban J connectivity index is 1.72. The lowest BCUT2D eigenvalue weighted by Gasteiger charge is -2.22. The summed E-state index contributed by atoms with van der Waals surface area (Å²) in [4.78, 5) is 61.2. The van der Waals surface area contributed by atoms with Crippen molar-refractivity contribution in [1.82, 2.24) is 9.80 Å². The molecule has 13 nitrogen and oxygen atoms in total. The summed E-state index contributed by atoms with van der Waals surface area (Å²) in [6, 6.07) is 3.15. The topological polar surface area (TPSA) is 168 Å². The maximum absolute atomic E-state index is 12.9. The summed E-state index contributed by atoms with van der Waals surface area (Å²) in [7, 11) is 0. The Morgan fingerprint density at radius 3 is 2.42 bits per heavy atom. The minimum Gasteiger partial charge on any atom is -0.342 e. The van der Waals surface area contributed by atoms with E-state index in [9.17, 15) is 34.6 Å². The summed E-state index contributed by atoms with van der Waals surface area (Å²) >= 11 is 0. The molecule has 1 aliphatic carbocycles. The van der Waals surface area contributed by atoms with Crippen molar-refractivity contribution < 1.29 is 24.2 Å². The zero-order valence-electron chi connectivity index (χ0n) is 18.2. The molecule has 2 aliphatic rings. The van der Waals surface area contributed by atoms with E-state index in [1.165, 1.54) is 6.07 Å². The van der Waals surface area contributed by atoms with Gasteiger partial charge >= 0.3 is 5.69 Å². The van der Waals surface area contributed by atoms with E-state index < -0.39 is 39.0 Å². The normalized spacial score (nSPS) is 21.2. The van der Waals surface area contributed by atoms with Crippen LogP contribution in [0.5, 0.6) is 0 Å². The lowest BCUT2D eigenvalue weighted by atomic mass is 9.80. The number of hydrogen-bond donors (Lipinski definition) is 1. The number of rotatable bonds is 8. The first-order chi connectivity index (χ1) is 15.7. The molecule has 0 spiro atoms. The van der Waals surface area contributed by atoms with E-state index in [0.717, 1.165) is 17.0 Å². The molecule has 33 heavy (non-hydrogen) atoms. The number of imide groups is 1. The molecule has 1 saturated carbocycles. The third-order valence-corrected chi connectivity index (χ3v) is 5.98. The summed E-state index contributed by atoms with van der Waals surface area (Å²) in [5, 5.41) is 26.3. The Bertz CT molecular complexity index is 1040. The van der Waals surface area contributed by atoms with E-state index in [1.807, 2.05) is 13.8 Å². The molecule has 0 radical (unpaired) electrons. The maximum atomic E-state index is 12.9. The van der Waals surface area contributed by atoms with Gasteiger partial charge in [0.1, 0.15) is 12.2 Å². The van der Waals surface area contributed by atoms with Crippen molar-refractivity contribution in [2.75, 3.05) is 25.1 Å². The van der Waals surface area contributed by atoms with Gasteiger partial charge in [0.15, 0.2) is 0 Å². The van der Waals surface area contributed by atoms with E-state index in [4.69, 9.17) is 0 Å². The van der Waals surface area contributed by atoms with Crippen LogP contribution in [0.15, 0.2) is 23.3 Å². The number of nitro benzene ring substituents is 2.